The van der Waals surface area contributed by atoms with Crippen LogP contribution in [-0.4, -0.2) is 24.2 Å². The van der Waals surface area contributed by atoms with E-state index in [1.54, 1.807) is 0 Å². The number of aliphatic hydroxyl groups is 1. The molecule has 0 spiro atoms. The topological polar surface area (TPSA) is 75.4 Å². The lowest BCUT2D eigenvalue weighted by Crippen LogP contribution is -2.29. The van der Waals surface area contributed by atoms with Gasteiger partial charge in [-0.3, -0.25) is 4.79 Å². The van der Waals surface area contributed by atoms with Gasteiger partial charge in [-0.05, 0) is 49.4 Å². The van der Waals surface area contributed by atoms with Crippen LogP contribution in [0, 0.1) is 11.8 Å². The molecule has 0 aliphatic heterocycles. The predicted molar refractivity (Wildman–Crippen MR) is 75.7 cm³/mol. The van der Waals surface area contributed by atoms with Crippen molar-refractivity contribution < 1.29 is 9.90 Å². The van der Waals surface area contributed by atoms with Crippen molar-refractivity contribution in [2.45, 2.75) is 25.7 Å². The number of anilines is 1. The molecule has 2 rings (SSSR count). The number of aliphatic hydroxyl groups excluding tert-OH is 1. The number of rotatable bonds is 5. The molecule has 4 nitrogen and oxygen atoms in total. The number of carbonyl (C=O) groups excluding carboxylic acids is 1. The molecule has 1 aliphatic carbocycles. The SMILES string of the molecule is NC[C@H]1CCC[C@H]1C(=O)Nc1ccc(CCO)cc1. The van der Waals surface area contributed by atoms with Crippen LogP contribution in [0.4, 0.5) is 5.69 Å². The lowest BCUT2D eigenvalue weighted by Gasteiger charge is -2.17. The predicted octanol–water partition coefficient (Wildman–Crippen LogP) is 1.53. The first kappa shape index (κ1) is 14.0. The van der Waals surface area contributed by atoms with Gasteiger partial charge in [-0.1, -0.05) is 18.6 Å². The summed E-state index contributed by atoms with van der Waals surface area (Å²) in [5.41, 5.74) is 7.59. The Kier molecular flexibility index (Phi) is 4.93. The van der Waals surface area contributed by atoms with Crippen LogP contribution in [0.1, 0.15) is 24.8 Å². The first-order valence-electron chi connectivity index (χ1n) is 6.95. The van der Waals surface area contributed by atoms with Gasteiger partial charge in [0.05, 0.1) is 0 Å². The van der Waals surface area contributed by atoms with E-state index in [2.05, 4.69) is 5.32 Å². The molecule has 19 heavy (non-hydrogen) atoms. The van der Waals surface area contributed by atoms with Crippen LogP contribution >= 0.6 is 0 Å². The molecule has 1 saturated carbocycles. The van der Waals surface area contributed by atoms with Gasteiger partial charge < -0.3 is 16.2 Å². The molecular weight excluding hydrogens is 240 g/mol. The molecular formula is C15H22N2O2. The van der Waals surface area contributed by atoms with Crippen molar-refractivity contribution in [2.75, 3.05) is 18.5 Å². The van der Waals surface area contributed by atoms with E-state index in [9.17, 15) is 4.79 Å². The maximum Gasteiger partial charge on any atom is 0.227 e. The molecule has 0 unspecified atom stereocenters. The summed E-state index contributed by atoms with van der Waals surface area (Å²) in [4.78, 5) is 12.2. The Morgan fingerprint density at radius 2 is 2.05 bits per heavy atom. The zero-order chi connectivity index (χ0) is 13.7. The number of benzene rings is 1. The zero-order valence-electron chi connectivity index (χ0n) is 11.1. The maximum atomic E-state index is 12.2. The van der Waals surface area contributed by atoms with Gasteiger partial charge in [0.15, 0.2) is 0 Å². The number of carbonyl (C=O) groups is 1. The molecule has 104 valence electrons. The highest BCUT2D eigenvalue weighted by molar-refractivity contribution is 5.92. The Labute approximate surface area is 114 Å². The summed E-state index contributed by atoms with van der Waals surface area (Å²) in [6.07, 6.45) is 3.74. The molecule has 0 bridgehead atoms. The second-order valence-corrected chi connectivity index (χ2v) is 5.19. The Morgan fingerprint density at radius 3 is 2.68 bits per heavy atom. The van der Waals surface area contributed by atoms with Gasteiger partial charge in [0, 0.05) is 18.2 Å². The van der Waals surface area contributed by atoms with Crippen LogP contribution in [-0.2, 0) is 11.2 Å². The van der Waals surface area contributed by atoms with Crippen LogP contribution < -0.4 is 11.1 Å². The van der Waals surface area contributed by atoms with Gasteiger partial charge in [-0.2, -0.15) is 0 Å². The average Bonchev–Trinajstić information content (AvgIpc) is 2.90. The summed E-state index contributed by atoms with van der Waals surface area (Å²) in [6, 6.07) is 7.63. The Hall–Kier alpha value is -1.39. The molecule has 4 heteroatoms. The van der Waals surface area contributed by atoms with E-state index in [0.29, 0.717) is 18.9 Å². The van der Waals surface area contributed by atoms with Gasteiger partial charge in [0.25, 0.3) is 0 Å². The molecule has 1 aliphatic rings. The van der Waals surface area contributed by atoms with E-state index in [4.69, 9.17) is 10.8 Å². The van der Waals surface area contributed by atoms with E-state index < -0.39 is 0 Å². The Bertz CT molecular complexity index is 417. The number of nitrogens with one attached hydrogen (secondary N) is 1. The van der Waals surface area contributed by atoms with Crippen LogP contribution in [0.15, 0.2) is 24.3 Å². The Balaban J connectivity index is 1.94. The third-order valence-electron chi connectivity index (χ3n) is 3.92. The minimum Gasteiger partial charge on any atom is -0.396 e. The minimum absolute atomic E-state index is 0.0575. The molecule has 1 amide bonds. The summed E-state index contributed by atoms with van der Waals surface area (Å²) in [5, 5.41) is 11.8. The summed E-state index contributed by atoms with van der Waals surface area (Å²) < 4.78 is 0. The third-order valence-corrected chi connectivity index (χ3v) is 3.92. The van der Waals surface area contributed by atoms with Crippen molar-refractivity contribution in [3.05, 3.63) is 29.8 Å². The fraction of sp³-hybridized carbons (Fsp3) is 0.533. The smallest absolute Gasteiger partial charge is 0.227 e. The van der Waals surface area contributed by atoms with Crippen LogP contribution in [0.25, 0.3) is 0 Å². The standard InChI is InChI=1S/C15H22N2O2/c16-10-12-2-1-3-14(12)15(19)17-13-6-4-11(5-7-13)8-9-18/h4-7,12,14,18H,1-3,8-10,16H2,(H,17,19)/t12-,14-/m1/s1. The van der Waals surface area contributed by atoms with Crippen molar-refractivity contribution in [1.82, 2.24) is 0 Å². The lowest BCUT2D eigenvalue weighted by molar-refractivity contribution is -0.120. The van der Waals surface area contributed by atoms with E-state index in [1.165, 1.54) is 0 Å². The van der Waals surface area contributed by atoms with Gasteiger partial charge in [0.2, 0.25) is 5.91 Å². The van der Waals surface area contributed by atoms with Crippen molar-refractivity contribution in [3.8, 4) is 0 Å². The van der Waals surface area contributed by atoms with Gasteiger partial charge in [-0.15, -0.1) is 0 Å². The van der Waals surface area contributed by atoms with E-state index in [-0.39, 0.29) is 18.4 Å². The minimum atomic E-state index is 0.0575. The molecule has 0 radical (unpaired) electrons. The molecule has 2 atom stereocenters. The first-order valence-corrected chi connectivity index (χ1v) is 6.95. The van der Waals surface area contributed by atoms with E-state index >= 15 is 0 Å². The van der Waals surface area contributed by atoms with Crippen LogP contribution in [0.3, 0.4) is 0 Å². The molecule has 0 saturated heterocycles. The fourth-order valence-corrected chi connectivity index (χ4v) is 2.78. The van der Waals surface area contributed by atoms with Gasteiger partial charge in [-0.25, -0.2) is 0 Å². The third kappa shape index (κ3) is 3.55. The summed E-state index contributed by atoms with van der Waals surface area (Å²) in [6.45, 7) is 0.736. The van der Waals surface area contributed by atoms with E-state index in [0.717, 1.165) is 30.5 Å². The van der Waals surface area contributed by atoms with Crippen molar-refractivity contribution in [3.63, 3.8) is 0 Å². The summed E-state index contributed by atoms with van der Waals surface area (Å²) in [7, 11) is 0. The normalized spacial score (nSPS) is 22.4. The largest absolute Gasteiger partial charge is 0.396 e. The molecule has 0 heterocycles. The summed E-state index contributed by atoms with van der Waals surface area (Å²) in [5.74, 6) is 0.471. The van der Waals surface area contributed by atoms with Crippen molar-refractivity contribution >= 4 is 11.6 Å². The number of nitrogens with two attached hydrogens (primary N) is 1. The molecule has 4 N–H and O–H groups in total. The second kappa shape index (κ2) is 6.68. The fourth-order valence-electron chi connectivity index (χ4n) is 2.78. The van der Waals surface area contributed by atoms with Gasteiger partial charge in [0.1, 0.15) is 0 Å². The van der Waals surface area contributed by atoms with Crippen molar-refractivity contribution in [1.29, 1.82) is 0 Å². The van der Waals surface area contributed by atoms with Gasteiger partial charge >= 0.3 is 0 Å². The highest BCUT2D eigenvalue weighted by atomic mass is 16.2. The number of hydrogen-bond acceptors (Lipinski definition) is 3. The summed E-state index contributed by atoms with van der Waals surface area (Å²) >= 11 is 0. The Morgan fingerprint density at radius 1 is 1.32 bits per heavy atom. The quantitative estimate of drug-likeness (QED) is 0.753. The number of amides is 1. The second-order valence-electron chi connectivity index (χ2n) is 5.19. The lowest BCUT2D eigenvalue weighted by atomic mass is 9.95. The first-order chi connectivity index (χ1) is 9.24. The monoisotopic (exact) mass is 262 g/mol. The molecule has 1 aromatic carbocycles. The highest BCUT2D eigenvalue weighted by Crippen LogP contribution is 2.31. The zero-order valence-corrected chi connectivity index (χ0v) is 11.1. The number of hydrogen-bond donors (Lipinski definition) is 3. The highest BCUT2D eigenvalue weighted by Gasteiger charge is 2.31. The van der Waals surface area contributed by atoms with Crippen molar-refractivity contribution in [2.24, 2.45) is 17.6 Å². The average molecular weight is 262 g/mol. The van der Waals surface area contributed by atoms with Crippen LogP contribution in [0.5, 0.6) is 0 Å². The maximum absolute atomic E-state index is 12.2. The van der Waals surface area contributed by atoms with E-state index in [1.807, 2.05) is 24.3 Å². The molecule has 1 aromatic rings. The molecule has 1 fully saturated rings. The molecule has 0 aromatic heterocycles. The van der Waals surface area contributed by atoms with Crippen LogP contribution in [0.2, 0.25) is 0 Å².